The number of rotatable bonds is 7. The zero-order valence-corrected chi connectivity index (χ0v) is 18.9. The number of thioether (sulfide) groups is 1. The Morgan fingerprint density at radius 2 is 1.88 bits per heavy atom. The van der Waals surface area contributed by atoms with Crippen molar-refractivity contribution in [1.29, 1.82) is 0 Å². The van der Waals surface area contributed by atoms with Gasteiger partial charge in [-0.2, -0.15) is 13.2 Å². The summed E-state index contributed by atoms with van der Waals surface area (Å²) in [5.74, 6) is -0.444. The van der Waals surface area contributed by atoms with E-state index >= 15 is 0 Å². The smallest absolute Gasteiger partial charge is 0.378 e. The molecule has 7 nitrogen and oxygen atoms in total. The van der Waals surface area contributed by atoms with Gasteiger partial charge in [-0.3, -0.25) is 4.79 Å². The minimum atomic E-state index is -4.51. The average Bonchev–Trinajstić information content (AvgIpc) is 3.25. The predicted octanol–water partition coefficient (Wildman–Crippen LogP) is 4.87. The number of aromatic nitrogens is 2. The number of nitrogens with one attached hydrogen (secondary N) is 2. The van der Waals surface area contributed by atoms with Gasteiger partial charge in [-0.15, -0.1) is 10.2 Å². The van der Waals surface area contributed by atoms with Gasteiger partial charge in [0.25, 0.3) is 0 Å². The second-order valence-electron chi connectivity index (χ2n) is 7.03. The number of carbonyl (C=O) groups is 1. The fourth-order valence-corrected chi connectivity index (χ4v) is 4.74. The zero-order chi connectivity index (χ0) is 23.3. The third-order valence-electron chi connectivity index (χ3n) is 4.71. The van der Waals surface area contributed by atoms with Gasteiger partial charge in [0, 0.05) is 18.8 Å². The molecule has 0 atom stereocenters. The van der Waals surface area contributed by atoms with Crippen molar-refractivity contribution in [2.24, 2.45) is 0 Å². The summed E-state index contributed by atoms with van der Waals surface area (Å²) in [4.78, 5) is 14.5. The summed E-state index contributed by atoms with van der Waals surface area (Å²) in [5, 5.41) is 14.4. The van der Waals surface area contributed by atoms with Crippen LogP contribution in [0.2, 0.25) is 0 Å². The van der Waals surface area contributed by atoms with E-state index in [1.165, 1.54) is 29.2 Å². The fraction of sp³-hybridized carbons (Fsp3) is 0.286. The molecule has 1 aliphatic rings. The number of halogens is 3. The van der Waals surface area contributed by atoms with Gasteiger partial charge >= 0.3 is 6.18 Å². The quantitative estimate of drug-likeness (QED) is 0.453. The summed E-state index contributed by atoms with van der Waals surface area (Å²) in [7, 11) is 0. The van der Waals surface area contributed by atoms with Gasteiger partial charge in [0.1, 0.15) is 0 Å². The molecular weight excluding hydrogens is 475 g/mol. The lowest BCUT2D eigenvalue weighted by atomic mass is 10.1. The van der Waals surface area contributed by atoms with Crippen LogP contribution in [0.1, 0.15) is 5.56 Å². The molecule has 0 saturated carbocycles. The van der Waals surface area contributed by atoms with Gasteiger partial charge < -0.3 is 20.3 Å². The van der Waals surface area contributed by atoms with Crippen LogP contribution in [0.4, 0.5) is 35.4 Å². The molecule has 174 valence electrons. The number of hydrogen-bond acceptors (Lipinski definition) is 8. The Morgan fingerprint density at radius 1 is 1.12 bits per heavy atom. The van der Waals surface area contributed by atoms with Crippen LogP contribution in [0.3, 0.4) is 0 Å². The molecule has 0 spiro atoms. The van der Waals surface area contributed by atoms with Crippen LogP contribution in [-0.2, 0) is 15.7 Å². The normalized spacial score (nSPS) is 14.2. The van der Waals surface area contributed by atoms with Crippen molar-refractivity contribution in [2.45, 2.75) is 10.5 Å². The summed E-state index contributed by atoms with van der Waals surface area (Å²) in [6, 6.07) is 12.9. The molecule has 0 unspecified atom stereocenters. The van der Waals surface area contributed by atoms with Crippen LogP contribution < -0.4 is 15.5 Å². The van der Waals surface area contributed by atoms with E-state index in [9.17, 15) is 18.0 Å². The van der Waals surface area contributed by atoms with Crippen molar-refractivity contribution in [3.63, 3.8) is 0 Å². The maximum atomic E-state index is 13.2. The van der Waals surface area contributed by atoms with Crippen LogP contribution in [-0.4, -0.2) is 48.2 Å². The van der Waals surface area contributed by atoms with E-state index in [-0.39, 0.29) is 11.4 Å². The number of morpholine rings is 1. The second-order valence-corrected chi connectivity index (χ2v) is 9.23. The Hall–Kier alpha value is -2.83. The van der Waals surface area contributed by atoms with E-state index in [4.69, 9.17) is 4.74 Å². The first-order valence-electron chi connectivity index (χ1n) is 10.0. The van der Waals surface area contributed by atoms with Gasteiger partial charge in [0.2, 0.25) is 11.0 Å². The number of alkyl halides is 3. The fourth-order valence-electron chi connectivity index (χ4n) is 3.17. The minimum absolute atomic E-state index is 0.0151. The molecule has 1 aromatic heterocycles. The van der Waals surface area contributed by atoms with Crippen molar-refractivity contribution in [1.82, 2.24) is 10.2 Å². The van der Waals surface area contributed by atoms with Crippen LogP contribution in [0, 0.1) is 0 Å². The van der Waals surface area contributed by atoms with Gasteiger partial charge in [-0.1, -0.05) is 41.3 Å². The molecule has 2 N–H and O–H groups in total. The summed E-state index contributed by atoms with van der Waals surface area (Å²) in [5.41, 5.74) is 0.710. The van der Waals surface area contributed by atoms with E-state index in [1.807, 2.05) is 35.2 Å². The van der Waals surface area contributed by atoms with Gasteiger partial charge in [0.05, 0.1) is 35.9 Å². The molecule has 1 aliphatic heterocycles. The summed E-state index contributed by atoms with van der Waals surface area (Å²) < 4.78 is 45.6. The topological polar surface area (TPSA) is 79.4 Å². The highest BCUT2D eigenvalue weighted by Gasteiger charge is 2.32. The highest BCUT2D eigenvalue weighted by Crippen LogP contribution is 2.36. The monoisotopic (exact) mass is 495 g/mol. The van der Waals surface area contributed by atoms with Crippen molar-refractivity contribution >= 4 is 51.2 Å². The van der Waals surface area contributed by atoms with E-state index < -0.39 is 17.6 Å². The zero-order valence-electron chi connectivity index (χ0n) is 17.3. The van der Waals surface area contributed by atoms with E-state index in [2.05, 4.69) is 20.8 Å². The molecular formula is C21H20F3N5O2S2. The third-order valence-corrected chi connectivity index (χ3v) is 6.68. The maximum Gasteiger partial charge on any atom is 0.416 e. The van der Waals surface area contributed by atoms with Crippen molar-refractivity contribution in [2.75, 3.05) is 47.6 Å². The van der Waals surface area contributed by atoms with Crippen LogP contribution in [0.15, 0.2) is 52.9 Å². The van der Waals surface area contributed by atoms with Crippen LogP contribution in [0.25, 0.3) is 0 Å². The molecule has 3 aromatic rings. The lowest BCUT2D eigenvalue weighted by molar-refractivity contribution is -0.137. The van der Waals surface area contributed by atoms with Crippen molar-refractivity contribution in [3.05, 3.63) is 54.1 Å². The number of anilines is 4. The first-order chi connectivity index (χ1) is 15.9. The Labute approximate surface area is 196 Å². The SMILES string of the molecule is O=C(CSc1nnc(Nc2ccccc2)s1)Nc1cc(C(F)(F)F)ccc1N1CCOCC1. The number of carbonyl (C=O) groups excluding carboxylic acids is 1. The molecule has 1 fully saturated rings. The van der Waals surface area contributed by atoms with Crippen molar-refractivity contribution < 1.29 is 22.7 Å². The number of nitrogens with zero attached hydrogens (tertiary/aromatic N) is 3. The molecule has 0 bridgehead atoms. The molecule has 33 heavy (non-hydrogen) atoms. The highest BCUT2D eigenvalue weighted by molar-refractivity contribution is 8.01. The van der Waals surface area contributed by atoms with E-state index in [1.54, 1.807) is 0 Å². The summed E-state index contributed by atoms with van der Waals surface area (Å²) in [6.07, 6.45) is -4.51. The predicted molar refractivity (Wildman–Crippen MR) is 123 cm³/mol. The highest BCUT2D eigenvalue weighted by atomic mass is 32.2. The van der Waals surface area contributed by atoms with Crippen molar-refractivity contribution in [3.8, 4) is 0 Å². The summed E-state index contributed by atoms with van der Waals surface area (Å²) in [6.45, 7) is 2.01. The molecule has 2 heterocycles. The first kappa shape index (κ1) is 23.3. The number of ether oxygens (including phenoxy) is 1. The summed E-state index contributed by atoms with van der Waals surface area (Å²) >= 11 is 2.45. The number of benzene rings is 2. The largest absolute Gasteiger partial charge is 0.416 e. The minimum Gasteiger partial charge on any atom is -0.378 e. The molecule has 2 aromatic carbocycles. The van der Waals surface area contributed by atoms with Crippen LogP contribution in [0.5, 0.6) is 0 Å². The molecule has 0 aliphatic carbocycles. The third kappa shape index (κ3) is 6.36. The Morgan fingerprint density at radius 3 is 2.61 bits per heavy atom. The average molecular weight is 496 g/mol. The molecule has 1 saturated heterocycles. The van der Waals surface area contributed by atoms with Gasteiger partial charge in [0.15, 0.2) is 4.34 Å². The number of hydrogen-bond donors (Lipinski definition) is 2. The molecule has 1 amide bonds. The Kier molecular flexibility index (Phi) is 7.36. The molecule has 4 rings (SSSR count). The Balaban J connectivity index is 1.41. The maximum absolute atomic E-state index is 13.2. The lowest BCUT2D eigenvalue weighted by Crippen LogP contribution is -2.37. The standard InChI is InChI=1S/C21H20F3N5O2S2/c22-21(23,24)14-6-7-17(29-8-10-31-11-9-29)16(12-14)26-18(30)13-32-20-28-27-19(33-20)25-15-4-2-1-3-5-15/h1-7,12H,8-11,13H2,(H,25,27)(H,26,30). The number of amides is 1. The molecule has 12 heteroatoms. The molecule has 0 radical (unpaired) electrons. The van der Waals surface area contributed by atoms with Crippen LogP contribution >= 0.6 is 23.1 Å². The second kappa shape index (κ2) is 10.4. The first-order valence-corrected chi connectivity index (χ1v) is 11.8. The lowest BCUT2D eigenvalue weighted by Gasteiger charge is -2.31. The van der Waals surface area contributed by atoms with E-state index in [0.29, 0.717) is 41.5 Å². The van der Waals surface area contributed by atoms with E-state index in [0.717, 1.165) is 17.8 Å². The Bertz CT molecular complexity index is 1090. The van der Waals surface area contributed by atoms with Gasteiger partial charge in [-0.05, 0) is 30.3 Å². The van der Waals surface area contributed by atoms with Gasteiger partial charge in [-0.25, -0.2) is 0 Å². The number of para-hydroxylation sites is 1.